The highest BCUT2D eigenvalue weighted by atomic mass is 35.5. The standard InChI is InChI=1S/C16H23ClN2O2/c1-18(2)14-5-3-4-13(12-14)16(20)19-9-6-15(7-10-19)21-11-8-17/h3-5,12,15H,6-11H2,1-2H3. The molecule has 21 heavy (non-hydrogen) atoms. The summed E-state index contributed by atoms with van der Waals surface area (Å²) < 4.78 is 5.64. The lowest BCUT2D eigenvalue weighted by Crippen LogP contribution is -2.41. The third-order valence-electron chi connectivity index (χ3n) is 3.77. The van der Waals surface area contributed by atoms with Gasteiger partial charge in [-0.1, -0.05) is 6.07 Å². The average Bonchev–Trinajstić information content (AvgIpc) is 2.53. The van der Waals surface area contributed by atoms with E-state index in [1.165, 1.54) is 0 Å². The molecule has 1 aliphatic rings. The zero-order valence-corrected chi connectivity index (χ0v) is 13.5. The number of carbonyl (C=O) groups excluding carboxylic acids is 1. The van der Waals surface area contributed by atoms with Crippen LogP contribution in [-0.4, -0.2) is 56.6 Å². The molecule has 1 aromatic rings. The van der Waals surface area contributed by atoms with E-state index in [0.29, 0.717) is 12.5 Å². The molecular weight excluding hydrogens is 288 g/mol. The Bertz CT molecular complexity index is 471. The molecule has 0 spiro atoms. The fourth-order valence-corrected chi connectivity index (χ4v) is 2.63. The van der Waals surface area contributed by atoms with E-state index < -0.39 is 0 Å². The molecule has 1 fully saturated rings. The van der Waals surface area contributed by atoms with Crippen molar-refractivity contribution in [2.24, 2.45) is 0 Å². The molecule has 1 heterocycles. The van der Waals surface area contributed by atoms with Crippen molar-refractivity contribution in [1.29, 1.82) is 0 Å². The zero-order valence-electron chi connectivity index (χ0n) is 12.7. The van der Waals surface area contributed by atoms with Gasteiger partial charge in [0.2, 0.25) is 0 Å². The molecular formula is C16H23ClN2O2. The summed E-state index contributed by atoms with van der Waals surface area (Å²) in [6.45, 7) is 2.08. The lowest BCUT2D eigenvalue weighted by atomic mass is 10.1. The Labute approximate surface area is 131 Å². The van der Waals surface area contributed by atoms with Crippen LogP contribution in [0, 0.1) is 0 Å². The molecule has 0 unspecified atom stereocenters. The van der Waals surface area contributed by atoms with E-state index in [1.807, 2.05) is 48.2 Å². The van der Waals surface area contributed by atoms with Gasteiger partial charge in [0.25, 0.3) is 5.91 Å². The van der Waals surface area contributed by atoms with Gasteiger partial charge < -0.3 is 14.5 Å². The Morgan fingerprint density at radius 1 is 1.38 bits per heavy atom. The molecule has 0 N–H and O–H groups in total. The summed E-state index contributed by atoms with van der Waals surface area (Å²) in [5, 5.41) is 0. The van der Waals surface area contributed by atoms with Crippen molar-refractivity contribution in [3.63, 3.8) is 0 Å². The first-order chi connectivity index (χ1) is 10.1. The van der Waals surface area contributed by atoms with Crippen molar-refractivity contribution in [2.45, 2.75) is 18.9 Å². The molecule has 4 nitrogen and oxygen atoms in total. The van der Waals surface area contributed by atoms with Crippen LogP contribution in [0.2, 0.25) is 0 Å². The number of amides is 1. The van der Waals surface area contributed by atoms with Gasteiger partial charge in [0.15, 0.2) is 0 Å². The van der Waals surface area contributed by atoms with E-state index in [4.69, 9.17) is 16.3 Å². The Hall–Kier alpha value is -1.26. The average molecular weight is 311 g/mol. The summed E-state index contributed by atoms with van der Waals surface area (Å²) >= 11 is 5.63. The van der Waals surface area contributed by atoms with E-state index >= 15 is 0 Å². The molecule has 1 saturated heterocycles. The van der Waals surface area contributed by atoms with Crippen molar-refractivity contribution in [3.05, 3.63) is 29.8 Å². The predicted molar refractivity (Wildman–Crippen MR) is 86.4 cm³/mol. The van der Waals surface area contributed by atoms with Crippen LogP contribution in [0.4, 0.5) is 5.69 Å². The highest BCUT2D eigenvalue weighted by molar-refractivity contribution is 6.17. The van der Waals surface area contributed by atoms with Crippen molar-refractivity contribution < 1.29 is 9.53 Å². The maximum absolute atomic E-state index is 12.5. The molecule has 2 rings (SSSR count). The summed E-state index contributed by atoms with van der Waals surface area (Å²) in [6.07, 6.45) is 2.01. The van der Waals surface area contributed by atoms with Gasteiger partial charge in [0.1, 0.15) is 0 Å². The summed E-state index contributed by atoms with van der Waals surface area (Å²) in [6, 6.07) is 7.76. The number of anilines is 1. The quantitative estimate of drug-likeness (QED) is 0.784. The molecule has 0 atom stereocenters. The third kappa shape index (κ3) is 4.35. The Morgan fingerprint density at radius 2 is 2.10 bits per heavy atom. The van der Waals surface area contributed by atoms with Crippen LogP contribution in [0.3, 0.4) is 0 Å². The molecule has 1 aliphatic heterocycles. The van der Waals surface area contributed by atoms with Crippen LogP contribution in [0.25, 0.3) is 0 Å². The highest BCUT2D eigenvalue weighted by Gasteiger charge is 2.24. The van der Waals surface area contributed by atoms with Crippen molar-refractivity contribution in [3.8, 4) is 0 Å². The smallest absolute Gasteiger partial charge is 0.253 e. The van der Waals surface area contributed by atoms with Gasteiger partial charge in [-0.25, -0.2) is 0 Å². The first-order valence-corrected chi connectivity index (χ1v) is 7.89. The molecule has 1 aromatic carbocycles. The van der Waals surface area contributed by atoms with E-state index in [9.17, 15) is 4.79 Å². The van der Waals surface area contributed by atoms with Crippen molar-refractivity contribution in [2.75, 3.05) is 44.6 Å². The summed E-state index contributed by atoms with van der Waals surface area (Å²) in [5.74, 6) is 0.630. The topological polar surface area (TPSA) is 32.8 Å². The van der Waals surface area contributed by atoms with Gasteiger partial charge in [-0.2, -0.15) is 0 Å². The van der Waals surface area contributed by atoms with Crippen LogP contribution < -0.4 is 4.90 Å². The number of alkyl halides is 1. The van der Waals surface area contributed by atoms with Crippen molar-refractivity contribution in [1.82, 2.24) is 4.90 Å². The van der Waals surface area contributed by atoms with E-state index in [2.05, 4.69) is 0 Å². The first kappa shape index (κ1) is 16.1. The fraction of sp³-hybridized carbons (Fsp3) is 0.562. The minimum atomic E-state index is 0.106. The van der Waals surface area contributed by atoms with E-state index in [1.54, 1.807) is 0 Å². The maximum Gasteiger partial charge on any atom is 0.253 e. The number of carbonyl (C=O) groups is 1. The van der Waals surface area contributed by atoms with Gasteiger partial charge in [-0.15, -0.1) is 11.6 Å². The normalized spacial score (nSPS) is 16.0. The van der Waals surface area contributed by atoms with Gasteiger partial charge in [0.05, 0.1) is 12.7 Å². The number of rotatable bonds is 5. The minimum absolute atomic E-state index is 0.106. The zero-order chi connectivity index (χ0) is 15.2. The van der Waals surface area contributed by atoms with Gasteiger partial charge >= 0.3 is 0 Å². The van der Waals surface area contributed by atoms with Crippen LogP contribution >= 0.6 is 11.6 Å². The molecule has 0 bridgehead atoms. The summed E-state index contributed by atoms with van der Waals surface area (Å²) in [7, 11) is 3.95. The second-order valence-electron chi connectivity index (χ2n) is 5.50. The van der Waals surface area contributed by atoms with Crippen LogP contribution in [0.5, 0.6) is 0 Å². The fourth-order valence-electron chi connectivity index (χ4n) is 2.54. The predicted octanol–water partition coefficient (Wildman–Crippen LogP) is 2.61. The largest absolute Gasteiger partial charge is 0.378 e. The second-order valence-corrected chi connectivity index (χ2v) is 5.87. The lowest BCUT2D eigenvalue weighted by molar-refractivity contribution is 0.0154. The monoisotopic (exact) mass is 310 g/mol. The third-order valence-corrected chi connectivity index (χ3v) is 3.92. The molecule has 0 radical (unpaired) electrons. The van der Waals surface area contributed by atoms with E-state index in [-0.39, 0.29) is 12.0 Å². The maximum atomic E-state index is 12.5. The molecule has 1 amide bonds. The molecule has 5 heteroatoms. The molecule has 0 saturated carbocycles. The number of nitrogens with zero attached hydrogens (tertiary/aromatic N) is 2. The van der Waals surface area contributed by atoms with Gasteiger partial charge in [-0.3, -0.25) is 4.79 Å². The molecule has 116 valence electrons. The SMILES string of the molecule is CN(C)c1cccc(C(=O)N2CCC(OCCCl)CC2)c1. The molecule has 0 aromatic heterocycles. The molecule has 0 aliphatic carbocycles. The second kappa shape index (κ2) is 7.66. The number of likely N-dealkylation sites (tertiary alicyclic amines) is 1. The van der Waals surface area contributed by atoms with E-state index in [0.717, 1.165) is 37.2 Å². The highest BCUT2D eigenvalue weighted by Crippen LogP contribution is 2.19. The lowest BCUT2D eigenvalue weighted by Gasteiger charge is -2.32. The number of piperidine rings is 1. The Balaban J connectivity index is 1.94. The summed E-state index contributed by atoms with van der Waals surface area (Å²) in [4.78, 5) is 16.5. The number of hydrogen-bond donors (Lipinski definition) is 0. The number of halogens is 1. The summed E-state index contributed by atoms with van der Waals surface area (Å²) in [5.41, 5.74) is 1.79. The van der Waals surface area contributed by atoms with Crippen molar-refractivity contribution >= 4 is 23.2 Å². The Morgan fingerprint density at radius 3 is 2.71 bits per heavy atom. The first-order valence-electron chi connectivity index (χ1n) is 7.36. The van der Waals surface area contributed by atoms with Gasteiger partial charge in [-0.05, 0) is 31.0 Å². The van der Waals surface area contributed by atoms with Crippen LogP contribution in [0.1, 0.15) is 23.2 Å². The number of hydrogen-bond acceptors (Lipinski definition) is 3. The van der Waals surface area contributed by atoms with Crippen LogP contribution in [0.15, 0.2) is 24.3 Å². The Kier molecular flexibility index (Phi) is 5.88. The van der Waals surface area contributed by atoms with Gasteiger partial charge in [0, 0.05) is 44.3 Å². The number of benzene rings is 1. The minimum Gasteiger partial charge on any atom is -0.378 e. The van der Waals surface area contributed by atoms with Crippen LogP contribution in [-0.2, 0) is 4.74 Å². The number of ether oxygens (including phenoxy) is 1.